The molecule has 0 aliphatic carbocycles. The Kier molecular flexibility index (Phi) is 3.05. The van der Waals surface area contributed by atoms with Gasteiger partial charge < -0.3 is 9.80 Å². The van der Waals surface area contributed by atoms with Crippen LogP contribution in [0.25, 0.3) is 4.96 Å². The van der Waals surface area contributed by atoms with Crippen LogP contribution in [0.5, 0.6) is 0 Å². The molecule has 0 amide bonds. The molecule has 1 saturated heterocycles. The van der Waals surface area contributed by atoms with Crippen molar-refractivity contribution in [2.75, 3.05) is 37.6 Å². The summed E-state index contributed by atoms with van der Waals surface area (Å²) in [5, 5.41) is 1.95. The lowest BCUT2D eigenvalue weighted by atomic mass is 10.3. The maximum atomic E-state index is 11.3. The first kappa shape index (κ1) is 11.7. The smallest absolute Gasteiger partial charge is 0.196 e. The Bertz CT molecular complexity index is 553. The lowest BCUT2D eigenvalue weighted by Gasteiger charge is -2.34. The molecule has 1 aliphatic heterocycles. The van der Waals surface area contributed by atoms with E-state index in [1.165, 1.54) is 0 Å². The summed E-state index contributed by atoms with van der Waals surface area (Å²) in [7, 11) is 0. The van der Waals surface area contributed by atoms with E-state index in [1.54, 1.807) is 11.3 Å². The predicted molar refractivity (Wildman–Crippen MR) is 72.8 cm³/mol. The maximum absolute atomic E-state index is 11.3. The highest BCUT2D eigenvalue weighted by atomic mass is 32.1. The molecule has 0 atom stereocenters. The van der Waals surface area contributed by atoms with E-state index < -0.39 is 0 Å². The van der Waals surface area contributed by atoms with Gasteiger partial charge in [0.25, 0.3) is 0 Å². The van der Waals surface area contributed by atoms with Gasteiger partial charge in [0.2, 0.25) is 0 Å². The minimum Gasteiger partial charge on any atom is -0.352 e. The van der Waals surface area contributed by atoms with E-state index in [1.807, 2.05) is 16.0 Å². The number of carbonyl (C=O) groups excluding carboxylic acids is 1. The lowest BCUT2D eigenvalue weighted by molar-refractivity contribution is 0.111. The van der Waals surface area contributed by atoms with Crippen LogP contribution >= 0.6 is 11.3 Å². The van der Waals surface area contributed by atoms with Crippen LogP contribution in [0.15, 0.2) is 11.6 Å². The number of hydrogen-bond donors (Lipinski definition) is 0. The molecule has 0 unspecified atom stereocenters. The highest BCUT2D eigenvalue weighted by molar-refractivity contribution is 7.15. The third-order valence-electron chi connectivity index (χ3n) is 3.51. The Morgan fingerprint density at radius 1 is 1.39 bits per heavy atom. The average molecular weight is 264 g/mol. The number of piperazine rings is 1. The highest BCUT2D eigenvalue weighted by Crippen LogP contribution is 2.24. The van der Waals surface area contributed by atoms with Crippen LogP contribution in [0.1, 0.15) is 17.4 Å². The van der Waals surface area contributed by atoms with Crippen LogP contribution in [0.4, 0.5) is 5.82 Å². The summed E-state index contributed by atoms with van der Waals surface area (Å²) < 4.78 is 1.87. The summed E-state index contributed by atoms with van der Waals surface area (Å²) in [5.41, 5.74) is 0.677. The molecular weight excluding hydrogens is 248 g/mol. The van der Waals surface area contributed by atoms with Gasteiger partial charge in [0.15, 0.2) is 17.1 Å². The van der Waals surface area contributed by atoms with Gasteiger partial charge in [-0.05, 0) is 6.54 Å². The first-order valence-electron chi connectivity index (χ1n) is 6.21. The van der Waals surface area contributed by atoms with Crippen molar-refractivity contribution < 1.29 is 4.79 Å². The van der Waals surface area contributed by atoms with E-state index in [9.17, 15) is 4.79 Å². The molecule has 2 aromatic heterocycles. The molecule has 2 aromatic rings. The van der Waals surface area contributed by atoms with Crippen molar-refractivity contribution in [1.29, 1.82) is 0 Å². The summed E-state index contributed by atoms with van der Waals surface area (Å²) in [6.45, 7) is 7.24. The van der Waals surface area contributed by atoms with Crippen LogP contribution in [0, 0.1) is 0 Å². The van der Waals surface area contributed by atoms with E-state index in [0.717, 1.165) is 49.8 Å². The maximum Gasteiger partial charge on any atom is 0.196 e. The zero-order chi connectivity index (χ0) is 12.5. The van der Waals surface area contributed by atoms with Gasteiger partial charge in [-0.25, -0.2) is 4.98 Å². The van der Waals surface area contributed by atoms with E-state index in [2.05, 4.69) is 21.7 Å². The third-order valence-corrected chi connectivity index (χ3v) is 4.27. The minimum atomic E-state index is 0.677. The van der Waals surface area contributed by atoms with Crippen molar-refractivity contribution in [1.82, 2.24) is 14.3 Å². The summed E-state index contributed by atoms with van der Waals surface area (Å²) in [4.78, 5) is 21.4. The minimum absolute atomic E-state index is 0.677. The second-order valence-corrected chi connectivity index (χ2v) is 5.29. The Morgan fingerprint density at radius 3 is 2.83 bits per heavy atom. The van der Waals surface area contributed by atoms with E-state index in [4.69, 9.17) is 0 Å². The molecule has 1 fully saturated rings. The molecule has 0 aromatic carbocycles. The molecule has 96 valence electrons. The number of anilines is 1. The number of imidazole rings is 1. The second kappa shape index (κ2) is 4.70. The largest absolute Gasteiger partial charge is 0.352 e. The molecule has 3 rings (SSSR count). The van der Waals surface area contributed by atoms with Crippen molar-refractivity contribution in [3.8, 4) is 0 Å². The van der Waals surface area contributed by atoms with Crippen molar-refractivity contribution in [2.24, 2.45) is 0 Å². The Balaban J connectivity index is 1.90. The van der Waals surface area contributed by atoms with Crippen molar-refractivity contribution in [3.05, 3.63) is 17.3 Å². The van der Waals surface area contributed by atoms with Gasteiger partial charge in [-0.2, -0.15) is 0 Å². The number of nitrogens with zero attached hydrogens (tertiary/aromatic N) is 4. The molecule has 1 aliphatic rings. The molecule has 3 heterocycles. The topological polar surface area (TPSA) is 40.9 Å². The van der Waals surface area contributed by atoms with Crippen molar-refractivity contribution >= 4 is 28.4 Å². The Labute approximate surface area is 110 Å². The van der Waals surface area contributed by atoms with Gasteiger partial charge in [-0.15, -0.1) is 11.3 Å². The molecule has 6 heteroatoms. The van der Waals surface area contributed by atoms with Gasteiger partial charge in [0.05, 0.1) is 0 Å². The number of aldehydes is 1. The normalized spacial score (nSPS) is 17.5. The zero-order valence-corrected chi connectivity index (χ0v) is 11.2. The van der Waals surface area contributed by atoms with E-state index in [0.29, 0.717) is 5.69 Å². The van der Waals surface area contributed by atoms with Gasteiger partial charge >= 0.3 is 0 Å². The molecule has 18 heavy (non-hydrogen) atoms. The number of thiazole rings is 1. The molecule has 0 saturated carbocycles. The van der Waals surface area contributed by atoms with E-state index >= 15 is 0 Å². The first-order valence-corrected chi connectivity index (χ1v) is 7.09. The van der Waals surface area contributed by atoms with Gasteiger partial charge in [-0.3, -0.25) is 9.20 Å². The summed E-state index contributed by atoms with van der Waals surface area (Å²) in [6, 6.07) is 0. The zero-order valence-electron chi connectivity index (χ0n) is 10.4. The quantitative estimate of drug-likeness (QED) is 0.785. The Morgan fingerprint density at radius 2 is 2.17 bits per heavy atom. The number of aromatic nitrogens is 2. The molecule has 0 spiro atoms. The standard InChI is InChI=1S/C12H16N4OS/c1-2-14-3-5-15(6-4-14)11-10(9-17)16-7-8-18-12(16)13-11/h7-9H,2-6H2,1H3. The number of fused-ring (bicyclic) bond motifs is 1. The second-order valence-electron chi connectivity index (χ2n) is 4.42. The van der Waals surface area contributed by atoms with Crippen molar-refractivity contribution in [3.63, 3.8) is 0 Å². The number of hydrogen-bond acceptors (Lipinski definition) is 5. The van der Waals surface area contributed by atoms with Crippen LogP contribution in [-0.4, -0.2) is 53.3 Å². The number of likely N-dealkylation sites (N-methyl/N-ethyl adjacent to an activating group) is 1. The molecule has 5 nitrogen and oxygen atoms in total. The van der Waals surface area contributed by atoms with Crippen LogP contribution in [0.3, 0.4) is 0 Å². The molecular formula is C12H16N4OS. The van der Waals surface area contributed by atoms with E-state index in [-0.39, 0.29) is 0 Å². The fourth-order valence-electron chi connectivity index (χ4n) is 2.41. The lowest BCUT2D eigenvalue weighted by Crippen LogP contribution is -2.46. The summed E-state index contributed by atoms with van der Waals surface area (Å²) in [5.74, 6) is 0.840. The predicted octanol–water partition coefficient (Wildman–Crippen LogP) is 1.35. The molecule has 0 bridgehead atoms. The Hall–Kier alpha value is -1.40. The van der Waals surface area contributed by atoms with Crippen molar-refractivity contribution in [2.45, 2.75) is 6.92 Å². The average Bonchev–Trinajstić information content (AvgIpc) is 2.98. The number of carbonyl (C=O) groups is 1. The van der Waals surface area contributed by atoms with Crippen LogP contribution in [0.2, 0.25) is 0 Å². The highest BCUT2D eigenvalue weighted by Gasteiger charge is 2.22. The fourth-order valence-corrected chi connectivity index (χ4v) is 3.13. The fraction of sp³-hybridized carbons (Fsp3) is 0.500. The van der Waals surface area contributed by atoms with Gasteiger partial charge in [-0.1, -0.05) is 6.92 Å². The SMILES string of the molecule is CCN1CCN(c2nc3sccn3c2C=O)CC1. The van der Waals surface area contributed by atoms with Gasteiger partial charge in [0, 0.05) is 37.8 Å². The number of rotatable bonds is 3. The summed E-state index contributed by atoms with van der Waals surface area (Å²) in [6.07, 6.45) is 2.82. The molecule has 0 radical (unpaired) electrons. The summed E-state index contributed by atoms with van der Waals surface area (Å²) >= 11 is 1.56. The van der Waals surface area contributed by atoms with Crippen LogP contribution in [-0.2, 0) is 0 Å². The molecule has 0 N–H and O–H groups in total. The third kappa shape index (κ3) is 1.81. The van der Waals surface area contributed by atoms with Gasteiger partial charge in [0.1, 0.15) is 5.69 Å². The first-order chi connectivity index (χ1) is 8.83. The monoisotopic (exact) mass is 264 g/mol. The van der Waals surface area contributed by atoms with Crippen LogP contribution < -0.4 is 4.90 Å².